The fraction of sp³-hybridized carbons (Fsp3) is 0.722. The van der Waals surface area contributed by atoms with E-state index in [1.807, 2.05) is 4.57 Å². The Hall–Kier alpha value is -1.13. The van der Waals surface area contributed by atoms with Crippen molar-refractivity contribution in [1.29, 1.82) is 0 Å². The molecule has 0 unspecified atom stereocenters. The summed E-state index contributed by atoms with van der Waals surface area (Å²) >= 11 is 0. The summed E-state index contributed by atoms with van der Waals surface area (Å²) < 4.78 is 2.05. The van der Waals surface area contributed by atoms with Crippen molar-refractivity contribution in [2.75, 3.05) is 20.1 Å². The van der Waals surface area contributed by atoms with Crippen molar-refractivity contribution in [2.24, 2.45) is 5.92 Å². The van der Waals surface area contributed by atoms with E-state index in [0.717, 1.165) is 44.6 Å². The van der Waals surface area contributed by atoms with E-state index in [4.69, 9.17) is 0 Å². The van der Waals surface area contributed by atoms with Crippen LogP contribution in [0.15, 0.2) is 10.9 Å². The van der Waals surface area contributed by atoms with Crippen LogP contribution >= 0.6 is 0 Å². The molecule has 0 atom stereocenters. The van der Waals surface area contributed by atoms with Crippen molar-refractivity contribution < 1.29 is 0 Å². The standard InChI is InChI=1S/C18H31N3O/c1-5-6-8-19-11-15-10-16-13-20(4)9-7-17(16)21(18(15)22)12-14(2)3/h10,14,19H,5-9,11-13H2,1-4H3. The predicted molar refractivity (Wildman–Crippen MR) is 92.2 cm³/mol. The highest BCUT2D eigenvalue weighted by atomic mass is 16.1. The average Bonchev–Trinajstić information content (AvgIpc) is 2.47. The molecule has 0 saturated carbocycles. The summed E-state index contributed by atoms with van der Waals surface area (Å²) in [6, 6.07) is 2.14. The molecule has 0 fully saturated rings. The lowest BCUT2D eigenvalue weighted by atomic mass is 10.0. The molecule has 0 spiro atoms. The van der Waals surface area contributed by atoms with E-state index in [9.17, 15) is 4.79 Å². The number of aromatic nitrogens is 1. The van der Waals surface area contributed by atoms with Gasteiger partial charge in [-0.05, 0) is 37.6 Å². The van der Waals surface area contributed by atoms with E-state index in [2.05, 4.69) is 44.1 Å². The number of nitrogens with one attached hydrogen (secondary N) is 1. The summed E-state index contributed by atoms with van der Waals surface area (Å²) in [5, 5.41) is 3.42. The van der Waals surface area contributed by atoms with Gasteiger partial charge in [0.1, 0.15) is 0 Å². The van der Waals surface area contributed by atoms with Gasteiger partial charge in [-0.15, -0.1) is 0 Å². The molecule has 1 aromatic heterocycles. The maximum atomic E-state index is 12.8. The number of hydrogen-bond acceptors (Lipinski definition) is 3. The minimum absolute atomic E-state index is 0.209. The van der Waals surface area contributed by atoms with E-state index in [-0.39, 0.29) is 5.56 Å². The number of pyridine rings is 1. The fourth-order valence-corrected chi connectivity index (χ4v) is 3.13. The topological polar surface area (TPSA) is 37.3 Å². The minimum atomic E-state index is 0.209. The van der Waals surface area contributed by atoms with Gasteiger partial charge < -0.3 is 14.8 Å². The zero-order valence-electron chi connectivity index (χ0n) is 14.6. The Morgan fingerprint density at radius 2 is 2.14 bits per heavy atom. The molecule has 124 valence electrons. The van der Waals surface area contributed by atoms with Gasteiger partial charge in [0.2, 0.25) is 0 Å². The highest BCUT2D eigenvalue weighted by molar-refractivity contribution is 5.29. The van der Waals surface area contributed by atoms with E-state index >= 15 is 0 Å². The molecule has 0 amide bonds. The van der Waals surface area contributed by atoms with Crippen molar-refractivity contribution in [2.45, 2.75) is 59.7 Å². The van der Waals surface area contributed by atoms with Crippen LogP contribution in [0.1, 0.15) is 50.4 Å². The van der Waals surface area contributed by atoms with E-state index < -0.39 is 0 Å². The highest BCUT2D eigenvalue weighted by Crippen LogP contribution is 2.18. The van der Waals surface area contributed by atoms with Crippen molar-refractivity contribution in [3.63, 3.8) is 0 Å². The number of nitrogens with zero attached hydrogens (tertiary/aromatic N) is 2. The van der Waals surface area contributed by atoms with Crippen LogP contribution in [-0.2, 0) is 26.1 Å². The maximum Gasteiger partial charge on any atom is 0.255 e. The molecule has 0 saturated heterocycles. The van der Waals surface area contributed by atoms with Gasteiger partial charge in [-0.2, -0.15) is 0 Å². The Bertz CT molecular complexity index is 548. The van der Waals surface area contributed by atoms with Crippen LogP contribution in [0.2, 0.25) is 0 Å². The molecular formula is C18H31N3O. The monoisotopic (exact) mass is 305 g/mol. The Morgan fingerprint density at radius 3 is 2.82 bits per heavy atom. The number of fused-ring (bicyclic) bond motifs is 1. The molecular weight excluding hydrogens is 274 g/mol. The lowest BCUT2D eigenvalue weighted by molar-refractivity contribution is 0.301. The first kappa shape index (κ1) is 17.2. The van der Waals surface area contributed by atoms with E-state index in [1.54, 1.807) is 0 Å². The highest BCUT2D eigenvalue weighted by Gasteiger charge is 2.20. The number of hydrogen-bond donors (Lipinski definition) is 1. The molecule has 1 aliphatic heterocycles. The maximum absolute atomic E-state index is 12.8. The van der Waals surface area contributed by atoms with Crippen molar-refractivity contribution in [3.05, 3.63) is 33.2 Å². The van der Waals surface area contributed by atoms with Gasteiger partial charge >= 0.3 is 0 Å². The molecule has 4 heteroatoms. The Labute approximate surface area is 134 Å². The summed E-state index contributed by atoms with van der Waals surface area (Å²) in [4.78, 5) is 15.2. The molecule has 2 rings (SSSR count). The quantitative estimate of drug-likeness (QED) is 0.786. The second-order valence-electron chi connectivity index (χ2n) is 6.97. The first-order valence-electron chi connectivity index (χ1n) is 8.66. The van der Waals surface area contributed by atoms with Gasteiger partial charge in [-0.25, -0.2) is 0 Å². The summed E-state index contributed by atoms with van der Waals surface area (Å²) in [6.07, 6.45) is 3.32. The van der Waals surface area contributed by atoms with E-state index in [0.29, 0.717) is 12.5 Å². The largest absolute Gasteiger partial charge is 0.312 e. The first-order valence-corrected chi connectivity index (χ1v) is 8.66. The molecule has 0 radical (unpaired) electrons. The van der Waals surface area contributed by atoms with Gasteiger partial charge in [-0.3, -0.25) is 4.79 Å². The van der Waals surface area contributed by atoms with E-state index in [1.165, 1.54) is 17.7 Å². The zero-order chi connectivity index (χ0) is 16.1. The van der Waals surface area contributed by atoms with Gasteiger partial charge in [-0.1, -0.05) is 27.2 Å². The zero-order valence-corrected chi connectivity index (χ0v) is 14.6. The fourth-order valence-electron chi connectivity index (χ4n) is 3.13. The third-order valence-corrected chi connectivity index (χ3v) is 4.31. The third-order valence-electron chi connectivity index (χ3n) is 4.31. The van der Waals surface area contributed by atoms with Crippen LogP contribution in [-0.4, -0.2) is 29.6 Å². The summed E-state index contributed by atoms with van der Waals surface area (Å²) in [6.45, 7) is 11.0. The molecule has 0 aliphatic carbocycles. The van der Waals surface area contributed by atoms with Crippen LogP contribution in [0.25, 0.3) is 0 Å². The van der Waals surface area contributed by atoms with Gasteiger partial charge in [0.05, 0.1) is 0 Å². The molecule has 2 heterocycles. The Balaban J connectivity index is 2.29. The lowest BCUT2D eigenvalue weighted by Crippen LogP contribution is -2.37. The van der Waals surface area contributed by atoms with Crippen molar-refractivity contribution in [1.82, 2.24) is 14.8 Å². The molecule has 1 N–H and O–H groups in total. The summed E-state index contributed by atoms with van der Waals surface area (Å²) in [5.41, 5.74) is 3.72. The SMILES string of the molecule is CCCCNCc1cc2c(n(CC(C)C)c1=O)CCN(C)C2. The van der Waals surface area contributed by atoms with Crippen molar-refractivity contribution >= 4 is 0 Å². The van der Waals surface area contributed by atoms with Crippen LogP contribution in [0.4, 0.5) is 0 Å². The third kappa shape index (κ3) is 4.20. The van der Waals surface area contributed by atoms with Gasteiger partial charge in [0.25, 0.3) is 5.56 Å². The molecule has 4 nitrogen and oxygen atoms in total. The number of unbranched alkanes of at least 4 members (excludes halogenated alkanes) is 1. The normalized spacial score (nSPS) is 15.3. The second-order valence-corrected chi connectivity index (χ2v) is 6.97. The molecule has 0 bridgehead atoms. The summed E-state index contributed by atoms with van der Waals surface area (Å²) in [5.74, 6) is 0.491. The molecule has 1 aromatic rings. The minimum Gasteiger partial charge on any atom is -0.312 e. The van der Waals surface area contributed by atoms with Crippen LogP contribution in [0, 0.1) is 5.92 Å². The number of rotatable bonds is 7. The Morgan fingerprint density at radius 1 is 1.36 bits per heavy atom. The average molecular weight is 305 g/mol. The Kier molecular flexibility index (Phi) is 6.21. The van der Waals surface area contributed by atoms with Crippen molar-refractivity contribution in [3.8, 4) is 0 Å². The van der Waals surface area contributed by atoms with Crippen LogP contribution in [0.5, 0.6) is 0 Å². The van der Waals surface area contributed by atoms with Gasteiger partial charge in [0.15, 0.2) is 0 Å². The molecule has 0 aromatic carbocycles. The number of likely N-dealkylation sites (N-methyl/N-ethyl adjacent to an activating group) is 1. The molecule has 22 heavy (non-hydrogen) atoms. The second kappa shape index (κ2) is 7.93. The first-order chi connectivity index (χ1) is 10.5. The predicted octanol–water partition coefficient (Wildman–Crippen LogP) is 2.38. The van der Waals surface area contributed by atoms with Crippen LogP contribution < -0.4 is 10.9 Å². The summed E-state index contributed by atoms with van der Waals surface area (Å²) in [7, 11) is 2.15. The van der Waals surface area contributed by atoms with Gasteiger partial charge in [0, 0.05) is 43.9 Å². The molecule has 1 aliphatic rings. The lowest BCUT2D eigenvalue weighted by Gasteiger charge is -2.29. The van der Waals surface area contributed by atoms with Crippen LogP contribution in [0.3, 0.4) is 0 Å². The smallest absolute Gasteiger partial charge is 0.255 e.